The van der Waals surface area contributed by atoms with Crippen molar-refractivity contribution in [2.75, 3.05) is 0 Å². The van der Waals surface area contributed by atoms with Gasteiger partial charge in [0.15, 0.2) is 0 Å². The van der Waals surface area contributed by atoms with Crippen molar-refractivity contribution < 1.29 is 0 Å². The van der Waals surface area contributed by atoms with Crippen LogP contribution in [0.15, 0.2) is 78.9 Å². The lowest BCUT2D eigenvalue weighted by Gasteiger charge is -2.14. The van der Waals surface area contributed by atoms with Gasteiger partial charge in [-0.25, -0.2) is 4.68 Å². The Balaban J connectivity index is 2.01. The Labute approximate surface area is 146 Å². The van der Waals surface area contributed by atoms with Crippen molar-refractivity contribution in [2.24, 2.45) is 5.73 Å². The van der Waals surface area contributed by atoms with Crippen LogP contribution in [0.25, 0.3) is 22.4 Å². The van der Waals surface area contributed by atoms with Gasteiger partial charge in [-0.3, -0.25) is 0 Å². The Kier molecular flexibility index (Phi) is 3.78. The summed E-state index contributed by atoms with van der Waals surface area (Å²) >= 11 is 0. The molecule has 4 aromatic rings. The average molecular weight is 326 g/mol. The lowest BCUT2D eigenvalue weighted by molar-refractivity contribution is 0.841. The summed E-state index contributed by atoms with van der Waals surface area (Å²) in [5.74, 6) is 0. The Hall–Kier alpha value is -3.40. The Morgan fingerprint density at radius 1 is 0.800 bits per heavy atom. The molecule has 0 saturated heterocycles. The molecule has 122 valence electrons. The summed E-state index contributed by atoms with van der Waals surface area (Å²) < 4.78 is 1.82. The maximum Gasteiger partial charge on any atom is 0.113 e. The fraction of sp³-hybridized carbons (Fsp3) is 0.0476. The highest BCUT2D eigenvalue weighted by Crippen LogP contribution is 2.27. The summed E-state index contributed by atoms with van der Waals surface area (Å²) in [4.78, 5) is 0. The summed E-state index contributed by atoms with van der Waals surface area (Å²) in [6, 6.07) is 26.1. The summed E-state index contributed by atoms with van der Waals surface area (Å²) in [6.45, 7) is 2.07. The van der Waals surface area contributed by atoms with Crippen molar-refractivity contribution in [1.82, 2.24) is 15.0 Å². The molecule has 4 heteroatoms. The van der Waals surface area contributed by atoms with Gasteiger partial charge in [-0.2, -0.15) is 0 Å². The second-order valence-electron chi connectivity index (χ2n) is 5.98. The first-order chi connectivity index (χ1) is 12.2. The second kappa shape index (κ2) is 6.24. The number of nitrogens with zero attached hydrogens (tertiary/aromatic N) is 3. The van der Waals surface area contributed by atoms with Crippen molar-refractivity contribution in [3.63, 3.8) is 0 Å². The van der Waals surface area contributed by atoms with Crippen molar-refractivity contribution in [3.05, 3.63) is 95.6 Å². The molecule has 1 aromatic heterocycles. The van der Waals surface area contributed by atoms with Crippen LogP contribution >= 0.6 is 0 Å². The van der Waals surface area contributed by atoms with E-state index in [0.29, 0.717) is 5.70 Å². The van der Waals surface area contributed by atoms with Gasteiger partial charge in [0, 0.05) is 5.56 Å². The first-order valence-corrected chi connectivity index (χ1v) is 8.17. The van der Waals surface area contributed by atoms with E-state index >= 15 is 0 Å². The van der Waals surface area contributed by atoms with Crippen LogP contribution in [0.5, 0.6) is 0 Å². The molecule has 3 aromatic carbocycles. The smallest absolute Gasteiger partial charge is 0.113 e. The van der Waals surface area contributed by atoms with E-state index in [-0.39, 0.29) is 0 Å². The third-order valence-corrected chi connectivity index (χ3v) is 4.23. The van der Waals surface area contributed by atoms with Crippen LogP contribution in [-0.2, 0) is 0 Å². The number of benzene rings is 3. The van der Waals surface area contributed by atoms with Crippen LogP contribution in [0.4, 0.5) is 0 Å². The topological polar surface area (TPSA) is 56.7 Å². The Bertz CT molecular complexity index is 1040. The zero-order valence-electron chi connectivity index (χ0n) is 13.9. The quantitative estimate of drug-likeness (QED) is 0.577. The predicted octanol–water partition coefficient (Wildman–Crippen LogP) is 4.07. The monoisotopic (exact) mass is 326 g/mol. The maximum absolute atomic E-state index is 6.58. The van der Waals surface area contributed by atoms with E-state index in [1.165, 1.54) is 5.56 Å². The number of rotatable bonds is 3. The average Bonchev–Trinajstić information content (AvgIpc) is 3.08. The highest BCUT2D eigenvalue weighted by molar-refractivity contribution is 5.92. The first-order valence-electron chi connectivity index (χ1n) is 8.17. The van der Waals surface area contributed by atoms with Gasteiger partial charge in [0.05, 0.1) is 16.9 Å². The van der Waals surface area contributed by atoms with E-state index in [2.05, 4.69) is 41.5 Å². The largest absolute Gasteiger partial charge is 0.396 e. The molecule has 0 aliphatic carbocycles. The van der Waals surface area contributed by atoms with Crippen LogP contribution in [0.1, 0.15) is 16.7 Å². The maximum atomic E-state index is 6.58. The molecule has 0 aliphatic heterocycles. The van der Waals surface area contributed by atoms with E-state index < -0.39 is 0 Å². The number of nitrogens with two attached hydrogens (primary N) is 1. The molecule has 0 unspecified atom stereocenters. The molecule has 0 aliphatic rings. The molecular weight excluding hydrogens is 308 g/mol. The number of aromatic nitrogens is 3. The molecule has 25 heavy (non-hydrogen) atoms. The molecule has 0 saturated carbocycles. The molecule has 4 nitrogen and oxygen atoms in total. The zero-order chi connectivity index (χ0) is 17.2. The van der Waals surface area contributed by atoms with Gasteiger partial charge in [-0.05, 0) is 24.6 Å². The van der Waals surface area contributed by atoms with Gasteiger partial charge in [-0.15, -0.1) is 5.10 Å². The highest BCUT2D eigenvalue weighted by Gasteiger charge is 2.15. The zero-order valence-corrected chi connectivity index (χ0v) is 13.9. The third-order valence-electron chi connectivity index (χ3n) is 4.23. The minimum absolute atomic E-state index is 0.667. The van der Waals surface area contributed by atoms with Gasteiger partial charge >= 0.3 is 0 Å². The number of para-hydroxylation sites is 1. The van der Waals surface area contributed by atoms with Crippen LogP contribution in [0.3, 0.4) is 0 Å². The summed E-state index contributed by atoms with van der Waals surface area (Å²) in [7, 11) is 0. The van der Waals surface area contributed by atoms with E-state index in [4.69, 9.17) is 5.73 Å². The Morgan fingerprint density at radius 3 is 2.24 bits per heavy atom. The van der Waals surface area contributed by atoms with Gasteiger partial charge in [0.25, 0.3) is 0 Å². The number of aryl methyl sites for hydroxylation is 1. The second-order valence-corrected chi connectivity index (χ2v) is 5.98. The molecule has 1 heterocycles. The molecule has 0 spiro atoms. The summed E-state index contributed by atoms with van der Waals surface area (Å²) in [6.07, 6.45) is 0. The summed E-state index contributed by atoms with van der Waals surface area (Å²) in [5.41, 5.74) is 13.0. The molecule has 0 amide bonds. The molecule has 0 atom stereocenters. The normalized spacial score (nSPS) is 12.2. The van der Waals surface area contributed by atoms with Crippen LogP contribution in [0, 0.1) is 6.92 Å². The summed E-state index contributed by atoms with van der Waals surface area (Å²) in [5, 5.41) is 8.65. The predicted molar refractivity (Wildman–Crippen MR) is 102 cm³/mol. The fourth-order valence-corrected chi connectivity index (χ4v) is 2.89. The standard InChI is InChI=1S/C21H18N4/c1-15-11-13-17(14-12-15)21(20(22)16-7-3-2-4-8-16)25-19-10-6-5-9-18(19)23-24-25/h2-14H,22H2,1H3/b21-20-. The lowest BCUT2D eigenvalue weighted by atomic mass is 10.0. The van der Waals surface area contributed by atoms with E-state index in [0.717, 1.165) is 27.9 Å². The van der Waals surface area contributed by atoms with Gasteiger partial charge in [0.2, 0.25) is 0 Å². The molecular formula is C21H18N4. The van der Waals surface area contributed by atoms with Gasteiger partial charge in [-0.1, -0.05) is 77.5 Å². The minimum Gasteiger partial charge on any atom is -0.396 e. The van der Waals surface area contributed by atoms with Crippen LogP contribution in [0.2, 0.25) is 0 Å². The fourth-order valence-electron chi connectivity index (χ4n) is 2.89. The van der Waals surface area contributed by atoms with Gasteiger partial charge in [0.1, 0.15) is 5.52 Å². The minimum atomic E-state index is 0.667. The van der Waals surface area contributed by atoms with E-state index in [1.807, 2.05) is 59.3 Å². The van der Waals surface area contributed by atoms with Gasteiger partial charge < -0.3 is 5.73 Å². The lowest BCUT2D eigenvalue weighted by Crippen LogP contribution is -2.10. The number of fused-ring (bicyclic) bond motifs is 1. The van der Waals surface area contributed by atoms with Crippen molar-refractivity contribution >= 4 is 22.4 Å². The van der Waals surface area contributed by atoms with Crippen LogP contribution < -0.4 is 5.73 Å². The molecule has 0 fully saturated rings. The highest BCUT2D eigenvalue weighted by atomic mass is 15.4. The Morgan fingerprint density at radius 2 is 1.48 bits per heavy atom. The molecule has 0 bridgehead atoms. The van der Waals surface area contributed by atoms with Crippen LogP contribution in [-0.4, -0.2) is 15.0 Å². The van der Waals surface area contributed by atoms with E-state index in [9.17, 15) is 0 Å². The van der Waals surface area contributed by atoms with E-state index in [1.54, 1.807) is 0 Å². The molecule has 4 rings (SSSR count). The number of hydrogen-bond donors (Lipinski definition) is 1. The SMILES string of the molecule is Cc1ccc(/C(=C(/N)c2ccccc2)n2nnc3ccccc32)cc1. The van der Waals surface area contributed by atoms with Crippen molar-refractivity contribution in [2.45, 2.75) is 6.92 Å². The third kappa shape index (κ3) is 2.78. The molecule has 2 N–H and O–H groups in total. The van der Waals surface area contributed by atoms with Crippen molar-refractivity contribution in [3.8, 4) is 0 Å². The van der Waals surface area contributed by atoms with Crippen molar-refractivity contribution in [1.29, 1.82) is 0 Å². The number of hydrogen-bond acceptors (Lipinski definition) is 3. The first kappa shape index (κ1) is 15.1. The molecule has 0 radical (unpaired) electrons.